The fourth-order valence-electron chi connectivity index (χ4n) is 3.02. The third kappa shape index (κ3) is 2.66. The van der Waals surface area contributed by atoms with Gasteiger partial charge in [-0.05, 0) is 13.8 Å². The van der Waals surface area contributed by atoms with Crippen LogP contribution in [0.2, 0.25) is 0 Å². The number of guanidine groups is 1. The fraction of sp³-hybridized carbons (Fsp3) is 0.714. The SMILES string of the molecule is CCOC1N=C(N)Nc2c1ncn2[C@@H]1O[C@H](COC)[C@@H](O)[C@@]1(C)O. The van der Waals surface area contributed by atoms with E-state index in [1.165, 1.54) is 20.4 Å². The van der Waals surface area contributed by atoms with E-state index in [0.29, 0.717) is 18.1 Å². The minimum atomic E-state index is -1.54. The highest BCUT2D eigenvalue weighted by Crippen LogP contribution is 2.42. The van der Waals surface area contributed by atoms with Gasteiger partial charge in [-0.3, -0.25) is 4.57 Å². The molecule has 2 aliphatic rings. The zero-order chi connectivity index (χ0) is 17.5. The fourth-order valence-corrected chi connectivity index (χ4v) is 3.02. The van der Waals surface area contributed by atoms with E-state index in [-0.39, 0.29) is 12.6 Å². The summed E-state index contributed by atoms with van der Waals surface area (Å²) in [7, 11) is 1.50. The highest BCUT2D eigenvalue weighted by Gasteiger charge is 2.53. The van der Waals surface area contributed by atoms with Crippen molar-refractivity contribution in [1.29, 1.82) is 0 Å². The topological polar surface area (TPSA) is 136 Å². The third-order valence-electron chi connectivity index (χ3n) is 4.22. The standard InChI is InChI=1S/C14H23N5O5/c1-4-23-11-8-10(17-13(15)18-11)19(6-16-8)12-14(2,21)9(20)7(24-12)5-22-3/h6-7,9,11-12,20-21H,4-5H2,1-3H3,(H3,15,17,18)/t7-,9-,11?,12-,14-/m1/s1. The molecule has 0 aromatic carbocycles. The first-order valence-electron chi connectivity index (χ1n) is 7.73. The number of nitrogens with one attached hydrogen (secondary N) is 1. The Morgan fingerprint density at radius 2 is 2.29 bits per heavy atom. The van der Waals surface area contributed by atoms with Gasteiger partial charge in [-0.15, -0.1) is 0 Å². The molecule has 2 aliphatic heterocycles. The Morgan fingerprint density at radius 1 is 1.54 bits per heavy atom. The summed E-state index contributed by atoms with van der Waals surface area (Å²) in [6.07, 6.45) is -1.77. The van der Waals surface area contributed by atoms with Crippen LogP contribution in [0.3, 0.4) is 0 Å². The number of hydrogen-bond acceptors (Lipinski definition) is 9. The van der Waals surface area contributed by atoms with Crippen LogP contribution in [0.4, 0.5) is 5.82 Å². The lowest BCUT2D eigenvalue weighted by Gasteiger charge is -2.29. The quantitative estimate of drug-likeness (QED) is 0.553. The maximum absolute atomic E-state index is 10.7. The molecule has 134 valence electrons. The summed E-state index contributed by atoms with van der Waals surface area (Å²) in [5.41, 5.74) is 4.81. The molecule has 1 saturated heterocycles. The average molecular weight is 341 g/mol. The van der Waals surface area contributed by atoms with Crippen molar-refractivity contribution >= 4 is 11.8 Å². The predicted octanol–water partition coefficient (Wildman–Crippen LogP) is -0.686. The van der Waals surface area contributed by atoms with Crippen LogP contribution in [0.25, 0.3) is 0 Å². The second kappa shape index (κ2) is 6.30. The molecule has 0 saturated carbocycles. The van der Waals surface area contributed by atoms with Crippen molar-refractivity contribution < 1.29 is 24.4 Å². The van der Waals surface area contributed by atoms with Gasteiger partial charge in [-0.25, -0.2) is 9.98 Å². The predicted molar refractivity (Wildman–Crippen MR) is 84.3 cm³/mol. The van der Waals surface area contributed by atoms with Crippen molar-refractivity contribution in [3.05, 3.63) is 12.0 Å². The molecule has 0 amide bonds. The van der Waals surface area contributed by atoms with Gasteiger partial charge in [-0.1, -0.05) is 0 Å². The maximum Gasteiger partial charge on any atom is 0.198 e. The lowest BCUT2D eigenvalue weighted by molar-refractivity contribution is -0.0963. The van der Waals surface area contributed by atoms with Crippen LogP contribution >= 0.6 is 0 Å². The number of fused-ring (bicyclic) bond motifs is 1. The molecule has 0 bridgehead atoms. The summed E-state index contributed by atoms with van der Waals surface area (Å²) in [5, 5.41) is 24.0. The number of methoxy groups -OCH3 is 1. The second-order valence-corrected chi connectivity index (χ2v) is 5.99. The molecule has 1 aromatic heterocycles. The molecular formula is C14H23N5O5. The van der Waals surface area contributed by atoms with Crippen LogP contribution in [0.1, 0.15) is 32.0 Å². The molecule has 1 aromatic rings. The van der Waals surface area contributed by atoms with Crippen LogP contribution < -0.4 is 11.1 Å². The number of ether oxygens (including phenoxy) is 3. The number of anilines is 1. The first kappa shape index (κ1) is 17.1. The Balaban J connectivity index is 1.95. The number of nitrogens with zero attached hydrogens (tertiary/aromatic N) is 3. The Hall–Kier alpha value is -1.72. The van der Waals surface area contributed by atoms with Crippen molar-refractivity contribution in [2.45, 2.75) is 44.1 Å². The summed E-state index contributed by atoms with van der Waals surface area (Å²) in [5.74, 6) is 0.686. The van der Waals surface area contributed by atoms with Gasteiger partial charge >= 0.3 is 0 Å². The Labute approximate surface area is 139 Å². The second-order valence-electron chi connectivity index (χ2n) is 5.99. The minimum absolute atomic E-state index is 0.156. The number of aliphatic imine (C=N–C) groups is 1. The number of imidazole rings is 1. The van der Waals surface area contributed by atoms with Crippen LogP contribution in [0.15, 0.2) is 11.3 Å². The number of aliphatic hydroxyl groups is 2. The Morgan fingerprint density at radius 3 is 2.96 bits per heavy atom. The summed E-state index contributed by atoms with van der Waals surface area (Å²) in [6, 6.07) is 0. The molecule has 10 heteroatoms. The van der Waals surface area contributed by atoms with Crippen LogP contribution in [0.5, 0.6) is 0 Å². The number of rotatable bonds is 5. The Kier molecular flexibility index (Phi) is 4.49. The van der Waals surface area contributed by atoms with Crippen LogP contribution in [-0.4, -0.2) is 63.9 Å². The van der Waals surface area contributed by atoms with Gasteiger partial charge in [0.25, 0.3) is 0 Å². The zero-order valence-corrected chi connectivity index (χ0v) is 13.8. The molecule has 24 heavy (non-hydrogen) atoms. The molecule has 0 radical (unpaired) electrons. The average Bonchev–Trinajstić information content (AvgIpc) is 3.02. The van der Waals surface area contributed by atoms with E-state index >= 15 is 0 Å². The van der Waals surface area contributed by atoms with E-state index < -0.39 is 30.3 Å². The summed E-state index contributed by atoms with van der Waals surface area (Å²) in [6.45, 7) is 3.95. The van der Waals surface area contributed by atoms with Crippen molar-refractivity contribution in [1.82, 2.24) is 9.55 Å². The lowest BCUT2D eigenvalue weighted by atomic mass is 9.96. The number of hydrogen-bond donors (Lipinski definition) is 4. The molecule has 5 atom stereocenters. The smallest absolute Gasteiger partial charge is 0.198 e. The van der Waals surface area contributed by atoms with Crippen LogP contribution in [0, 0.1) is 0 Å². The summed E-state index contributed by atoms with van der Waals surface area (Å²) >= 11 is 0. The highest BCUT2D eigenvalue weighted by molar-refractivity contribution is 5.93. The number of nitrogens with two attached hydrogens (primary N) is 1. The molecule has 3 heterocycles. The van der Waals surface area contributed by atoms with E-state index in [1.54, 1.807) is 4.57 Å². The van der Waals surface area contributed by atoms with Gasteiger partial charge in [0, 0.05) is 13.7 Å². The number of aliphatic hydroxyl groups excluding tert-OH is 1. The lowest BCUT2D eigenvalue weighted by Crippen LogP contribution is -2.44. The van der Waals surface area contributed by atoms with Gasteiger partial charge in [0.15, 0.2) is 18.4 Å². The van der Waals surface area contributed by atoms with E-state index in [2.05, 4.69) is 15.3 Å². The van der Waals surface area contributed by atoms with Crippen molar-refractivity contribution in [2.75, 3.05) is 25.6 Å². The van der Waals surface area contributed by atoms with E-state index in [4.69, 9.17) is 19.9 Å². The van der Waals surface area contributed by atoms with Gasteiger partial charge in [0.2, 0.25) is 0 Å². The highest BCUT2D eigenvalue weighted by atomic mass is 16.6. The molecule has 1 fully saturated rings. The Bertz CT molecular complexity index is 631. The zero-order valence-electron chi connectivity index (χ0n) is 13.8. The summed E-state index contributed by atoms with van der Waals surface area (Å²) in [4.78, 5) is 8.47. The molecule has 1 unspecified atom stereocenters. The molecule has 5 N–H and O–H groups in total. The van der Waals surface area contributed by atoms with Gasteiger partial charge in [0.1, 0.15) is 29.3 Å². The minimum Gasteiger partial charge on any atom is -0.387 e. The van der Waals surface area contributed by atoms with Gasteiger partial charge < -0.3 is 35.5 Å². The van der Waals surface area contributed by atoms with Gasteiger partial charge in [0.05, 0.1) is 12.9 Å². The largest absolute Gasteiger partial charge is 0.387 e. The first-order chi connectivity index (χ1) is 11.4. The van der Waals surface area contributed by atoms with E-state index in [0.717, 1.165) is 0 Å². The summed E-state index contributed by atoms with van der Waals surface area (Å²) < 4.78 is 18.0. The normalized spacial score (nSPS) is 35.5. The molecule has 0 aliphatic carbocycles. The molecular weight excluding hydrogens is 318 g/mol. The van der Waals surface area contributed by atoms with Crippen molar-refractivity contribution in [2.24, 2.45) is 10.7 Å². The van der Waals surface area contributed by atoms with Crippen molar-refractivity contribution in [3.8, 4) is 0 Å². The van der Waals surface area contributed by atoms with E-state index in [9.17, 15) is 10.2 Å². The molecule has 0 spiro atoms. The maximum atomic E-state index is 10.7. The molecule has 10 nitrogen and oxygen atoms in total. The van der Waals surface area contributed by atoms with Crippen LogP contribution in [-0.2, 0) is 14.2 Å². The first-order valence-corrected chi connectivity index (χ1v) is 7.73. The third-order valence-corrected chi connectivity index (χ3v) is 4.22. The van der Waals surface area contributed by atoms with Crippen molar-refractivity contribution in [3.63, 3.8) is 0 Å². The number of aromatic nitrogens is 2. The van der Waals surface area contributed by atoms with Gasteiger partial charge in [-0.2, -0.15) is 0 Å². The van der Waals surface area contributed by atoms with E-state index in [1.807, 2.05) is 6.92 Å². The molecule has 3 rings (SSSR count). The monoisotopic (exact) mass is 341 g/mol.